The summed E-state index contributed by atoms with van der Waals surface area (Å²) >= 11 is 5.69. The third-order valence-corrected chi connectivity index (χ3v) is 4.56. The van der Waals surface area contributed by atoms with Gasteiger partial charge in [-0.2, -0.15) is 23.4 Å². The molecule has 0 aliphatic rings. The SMILES string of the molecule is Cc1c(Cl)c(C(F)(F)F)nn1CC(=O)N(C)c1cnn(-c2ccc(F)cc2)c1. The molecule has 2 heterocycles. The van der Waals surface area contributed by atoms with Gasteiger partial charge in [0.25, 0.3) is 0 Å². The standard InChI is InChI=1S/C17H14ClF4N5O/c1-10-15(18)16(17(20,21)22)24-26(10)9-14(28)25(2)13-7-23-27(8-13)12-5-3-11(19)4-6-12/h3-8H,9H2,1-2H3. The first-order valence-electron chi connectivity index (χ1n) is 7.95. The molecule has 148 valence electrons. The third-order valence-electron chi connectivity index (χ3n) is 4.11. The summed E-state index contributed by atoms with van der Waals surface area (Å²) < 4.78 is 54.1. The normalized spacial score (nSPS) is 11.7. The number of hydrogen-bond donors (Lipinski definition) is 0. The maximum atomic E-state index is 13.0. The molecule has 0 radical (unpaired) electrons. The summed E-state index contributed by atoms with van der Waals surface area (Å²) in [6.45, 7) is 0.921. The van der Waals surface area contributed by atoms with Gasteiger partial charge in [0.05, 0.1) is 34.5 Å². The van der Waals surface area contributed by atoms with Crippen LogP contribution in [0.15, 0.2) is 36.7 Å². The third kappa shape index (κ3) is 3.86. The fraction of sp³-hybridized carbons (Fsp3) is 0.235. The number of halogens is 5. The molecule has 0 saturated carbocycles. The maximum Gasteiger partial charge on any atom is 0.436 e. The lowest BCUT2D eigenvalue weighted by molar-refractivity contribution is -0.141. The van der Waals surface area contributed by atoms with Crippen molar-refractivity contribution in [2.75, 3.05) is 11.9 Å². The minimum Gasteiger partial charge on any atom is -0.311 e. The number of hydrogen-bond acceptors (Lipinski definition) is 3. The van der Waals surface area contributed by atoms with E-state index >= 15 is 0 Å². The van der Waals surface area contributed by atoms with E-state index in [1.807, 2.05) is 0 Å². The second-order valence-corrected chi connectivity index (χ2v) is 6.35. The van der Waals surface area contributed by atoms with Crippen LogP contribution < -0.4 is 4.90 Å². The van der Waals surface area contributed by atoms with Gasteiger partial charge in [-0.1, -0.05) is 11.6 Å². The lowest BCUT2D eigenvalue weighted by atomic mass is 10.3. The van der Waals surface area contributed by atoms with Gasteiger partial charge in [0, 0.05) is 7.05 Å². The molecule has 2 aromatic heterocycles. The van der Waals surface area contributed by atoms with Crippen molar-refractivity contribution in [1.29, 1.82) is 0 Å². The molecule has 11 heteroatoms. The maximum absolute atomic E-state index is 13.0. The van der Waals surface area contributed by atoms with Crippen LogP contribution in [0.1, 0.15) is 11.4 Å². The molecule has 1 amide bonds. The van der Waals surface area contributed by atoms with E-state index in [0.29, 0.717) is 11.4 Å². The number of amides is 1. The van der Waals surface area contributed by atoms with Gasteiger partial charge in [0.15, 0.2) is 5.69 Å². The van der Waals surface area contributed by atoms with Crippen molar-refractivity contribution in [2.45, 2.75) is 19.6 Å². The highest BCUT2D eigenvalue weighted by Crippen LogP contribution is 2.35. The van der Waals surface area contributed by atoms with Gasteiger partial charge in [-0.3, -0.25) is 9.48 Å². The van der Waals surface area contributed by atoms with Crippen molar-refractivity contribution in [3.05, 3.63) is 58.9 Å². The van der Waals surface area contributed by atoms with Crippen LogP contribution >= 0.6 is 11.6 Å². The minimum absolute atomic E-state index is 0.0396. The van der Waals surface area contributed by atoms with Crippen molar-refractivity contribution in [3.63, 3.8) is 0 Å². The zero-order chi connectivity index (χ0) is 20.6. The molecule has 6 nitrogen and oxygen atoms in total. The number of carbonyl (C=O) groups excluding carboxylic acids is 1. The van der Waals surface area contributed by atoms with Gasteiger partial charge in [0.1, 0.15) is 12.4 Å². The summed E-state index contributed by atoms with van der Waals surface area (Å²) in [5.41, 5.74) is -0.205. The number of rotatable bonds is 4. The van der Waals surface area contributed by atoms with Gasteiger partial charge in [-0.15, -0.1) is 0 Å². The second-order valence-electron chi connectivity index (χ2n) is 5.98. The molecule has 0 spiro atoms. The fourth-order valence-electron chi connectivity index (χ4n) is 2.46. The molecule has 0 aliphatic heterocycles. The molecule has 3 aromatic rings. The minimum atomic E-state index is -4.71. The van der Waals surface area contributed by atoms with E-state index in [2.05, 4.69) is 10.2 Å². The highest BCUT2D eigenvalue weighted by molar-refractivity contribution is 6.32. The Labute approximate surface area is 161 Å². The predicted molar refractivity (Wildman–Crippen MR) is 93.9 cm³/mol. The van der Waals surface area contributed by atoms with E-state index in [9.17, 15) is 22.4 Å². The summed E-state index contributed by atoms with van der Waals surface area (Å²) in [5, 5.41) is 6.98. The zero-order valence-corrected chi connectivity index (χ0v) is 15.5. The Morgan fingerprint density at radius 1 is 1.25 bits per heavy atom. The van der Waals surface area contributed by atoms with Crippen LogP contribution in [0.5, 0.6) is 0 Å². The Hall–Kier alpha value is -2.88. The molecule has 28 heavy (non-hydrogen) atoms. The second kappa shape index (κ2) is 7.27. The van der Waals surface area contributed by atoms with Crippen molar-refractivity contribution in [3.8, 4) is 5.69 Å². The first-order valence-corrected chi connectivity index (χ1v) is 8.33. The van der Waals surface area contributed by atoms with Gasteiger partial charge < -0.3 is 4.90 Å². The van der Waals surface area contributed by atoms with Crippen LogP contribution in [-0.2, 0) is 17.5 Å². The number of alkyl halides is 3. The molecule has 0 bridgehead atoms. The van der Waals surface area contributed by atoms with Crippen LogP contribution in [-0.4, -0.2) is 32.5 Å². The molecule has 3 rings (SSSR count). The van der Waals surface area contributed by atoms with Crippen LogP contribution in [0.25, 0.3) is 5.69 Å². The average molecular weight is 416 g/mol. The van der Waals surface area contributed by atoms with Crippen molar-refractivity contribution in [1.82, 2.24) is 19.6 Å². The monoisotopic (exact) mass is 415 g/mol. The first-order chi connectivity index (χ1) is 13.1. The topological polar surface area (TPSA) is 56.0 Å². The largest absolute Gasteiger partial charge is 0.436 e. The molecule has 1 aromatic carbocycles. The fourth-order valence-corrected chi connectivity index (χ4v) is 2.70. The molecular weight excluding hydrogens is 402 g/mol. The molecule has 0 unspecified atom stereocenters. The lowest BCUT2D eigenvalue weighted by Crippen LogP contribution is -2.30. The molecular formula is C17H14ClF4N5O. The van der Waals surface area contributed by atoms with Crippen molar-refractivity contribution >= 4 is 23.2 Å². The number of nitrogens with zero attached hydrogens (tertiary/aromatic N) is 5. The van der Waals surface area contributed by atoms with Crippen LogP contribution in [0.4, 0.5) is 23.2 Å². The Bertz CT molecular complexity index is 1010. The summed E-state index contributed by atoms with van der Waals surface area (Å²) in [5.74, 6) is -0.912. The van der Waals surface area contributed by atoms with Gasteiger partial charge >= 0.3 is 6.18 Å². The van der Waals surface area contributed by atoms with E-state index in [4.69, 9.17) is 11.6 Å². The molecule has 0 fully saturated rings. The summed E-state index contributed by atoms with van der Waals surface area (Å²) in [6, 6.07) is 5.57. The van der Waals surface area contributed by atoms with Crippen LogP contribution in [0, 0.1) is 12.7 Å². The van der Waals surface area contributed by atoms with Crippen molar-refractivity contribution < 1.29 is 22.4 Å². The van der Waals surface area contributed by atoms with E-state index in [1.165, 1.54) is 60.2 Å². The van der Waals surface area contributed by atoms with Gasteiger partial charge in [0.2, 0.25) is 5.91 Å². The highest BCUT2D eigenvalue weighted by Gasteiger charge is 2.38. The Morgan fingerprint density at radius 2 is 1.89 bits per heavy atom. The molecule has 0 saturated heterocycles. The average Bonchev–Trinajstić information content (AvgIpc) is 3.22. The molecule has 0 aliphatic carbocycles. The first kappa shape index (κ1) is 19.9. The Morgan fingerprint density at radius 3 is 2.46 bits per heavy atom. The summed E-state index contributed by atoms with van der Waals surface area (Å²) in [7, 11) is 1.46. The highest BCUT2D eigenvalue weighted by atomic mass is 35.5. The van der Waals surface area contributed by atoms with E-state index in [0.717, 1.165) is 4.68 Å². The Balaban J connectivity index is 1.78. The number of carbonyl (C=O) groups is 1. The lowest BCUT2D eigenvalue weighted by Gasteiger charge is -2.15. The Kier molecular flexibility index (Phi) is 5.16. The van der Waals surface area contributed by atoms with E-state index in [1.54, 1.807) is 0 Å². The van der Waals surface area contributed by atoms with Crippen LogP contribution in [0.2, 0.25) is 5.02 Å². The number of aromatic nitrogens is 4. The van der Waals surface area contributed by atoms with Gasteiger partial charge in [-0.05, 0) is 31.2 Å². The predicted octanol–water partition coefficient (Wildman–Crippen LogP) is 3.85. The quantitative estimate of drug-likeness (QED) is 0.608. The number of anilines is 1. The van der Waals surface area contributed by atoms with E-state index < -0.39 is 35.2 Å². The van der Waals surface area contributed by atoms with Crippen molar-refractivity contribution in [2.24, 2.45) is 0 Å². The van der Waals surface area contributed by atoms with Crippen LogP contribution in [0.3, 0.4) is 0 Å². The van der Waals surface area contributed by atoms with E-state index in [-0.39, 0.29) is 5.69 Å². The number of likely N-dealkylation sites (N-methyl/N-ethyl adjacent to an activating group) is 1. The summed E-state index contributed by atoms with van der Waals surface area (Å²) in [4.78, 5) is 13.7. The zero-order valence-electron chi connectivity index (χ0n) is 14.7. The molecule has 0 N–H and O–H groups in total. The molecule has 0 atom stereocenters. The summed E-state index contributed by atoms with van der Waals surface area (Å²) in [6.07, 6.45) is -1.77. The number of benzene rings is 1. The van der Waals surface area contributed by atoms with Gasteiger partial charge in [-0.25, -0.2) is 9.07 Å². The smallest absolute Gasteiger partial charge is 0.311 e.